The maximum Gasteiger partial charge on any atom is 0.123 e. The number of hydrogen-bond donors (Lipinski definition) is 2. The van der Waals surface area contributed by atoms with Gasteiger partial charge in [0.05, 0.1) is 6.10 Å². The Morgan fingerprint density at radius 2 is 2.05 bits per heavy atom. The number of hydrogen-bond acceptors (Lipinski definition) is 5. The second kappa shape index (κ2) is 7.15. The van der Waals surface area contributed by atoms with Crippen LogP contribution in [-0.2, 0) is 6.54 Å². The first-order chi connectivity index (χ1) is 10.7. The fourth-order valence-electron chi connectivity index (χ4n) is 2.13. The van der Waals surface area contributed by atoms with Gasteiger partial charge in [0.25, 0.3) is 0 Å². The summed E-state index contributed by atoms with van der Waals surface area (Å²) in [6.45, 7) is 3.36. The SMILES string of the molecule is Cc1ccc(-c2ncc(CNCC(O)c3ccsc3)s2)cc1. The summed E-state index contributed by atoms with van der Waals surface area (Å²) in [6, 6.07) is 10.4. The van der Waals surface area contributed by atoms with Crippen molar-refractivity contribution in [3.8, 4) is 10.6 Å². The van der Waals surface area contributed by atoms with Crippen LogP contribution in [0, 0.1) is 6.92 Å². The first kappa shape index (κ1) is 15.4. The van der Waals surface area contributed by atoms with Gasteiger partial charge in [0.1, 0.15) is 5.01 Å². The molecular formula is C17H18N2OS2. The zero-order valence-electron chi connectivity index (χ0n) is 12.3. The molecule has 2 aromatic heterocycles. The summed E-state index contributed by atoms with van der Waals surface area (Å²) in [5, 5.41) is 18.3. The van der Waals surface area contributed by atoms with Crippen LogP contribution in [0.5, 0.6) is 0 Å². The van der Waals surface area contributed by atoms with Gasteiger partial charge in [-0.3, -0.25) is 0 Å². The highest BCUT2D eigenvalue weighted by Crippen LogP contribution is 2.25. The number of aromatic nitrogens is 1. The molecule has 0 fully saturated rings. The van der Waals surface area contributed by atoms with Crippen molar-refractivity contribution in [2.24, 2.45) is 0 Å². The summed E-state index contributed by atoms with van der Waals surface area (Å²) < 4.78 is 0. The monoisotopic (exact) mass is 330 g/mol. The largest absolute Gasteiger partial charge is 0.387 e. The minimum absolute atomic E-state index is 0.448. The second-order valence-corrected chi connectivity index (χ2v) is 7.10. The van der Waals surface area contributed by atoms with E-state index < -0.39 is 6.10 Å². The van der Waals surface area contributed by atoms with E-state index in [-0.39, 0.29) is 0 Å². The minimum Gasteiger partial charge on any atom is -0.387 e. The Morgan fingerprint density at radius 1 is 1.23 bits per heavy atom. The molecule has 1 aromatic carbocycles. The molecular weight excluding hydrogens is 312 g/mol. The van der Waals surface area contributed by atoms with Gasteiger partial charge >= 0.3 is 0 Å². The maximum absolute atomic E-state index is 10.0. The van der Waals surface area contributed by atoms with Gasteiger partial charge in [-0.1, -0.05) is 29.8 Å². The van der Waals surface area contributed by atoms with Crippen molar-refractivity contribution in [2.45, 2.75) is 19.6 Å². The molecule has 0 aliphatic carbocycles. The maximum atomic E-state index is 10.0. The molecule has 0 bridgehead atoms. The number of thiazole rings is 1. The number of thiophene rings is 1. The van der Waals surface area contributed by atoms with Crippen LogP contribution in [0.2, 0.25) is 0 Å². The molecule has 0 radical (unpaired) electrons. The van der Waals surface area contributed by atoms with Crippen molar-refractivity contribution in [3.05, 3.63) is 63.3 Å². The average Bonchev–Trinajstić information content (AvgIpc) is 3.19. The van der Waals surface area contributed by atoms with Crippen LogP contribution in [0.15, 0.2) is 47.3 Å². The molecule has 2 heterocycles. The summed E-state index contributed by atoms with van der Waals surface area (Å²) >= 11 is 3.29. The molecule has 3 nitrogen and oxygen atoms in total. The Bertz CT molecular complexity index is 705. The van der Waals surface area contributed by atoms with E-state index >= 15 is 0 Å². The summed E-state index contributed by atoms with van der Waals surface area (Å²) in [5.74, 6) is 0. The van der Waals surface area contributed by atoms with E-state index in [9.17, 15) is 5.11 Å². The summed E-state index contributed by atoms with van der Waals surface area (Å²) in [4.78, 5) is 5.66. The summed E-state index contributed by atoms with van der Waals surface area (Å²) in [7, 11) is 0. The summed E-state index contributed by atoms with van der Waals surface area (Å²) in [6.07, 6.45) is 1.46. The number of nitrogens with zero attached hydrogens (tertiary/aromatic N) is 1. The van der Waals surface area contributed by atoms with E-state index in [2.05, 4.69) is 41.5 Å². The average molecular weight is 330 g/mol. The van der Waals surface area contributed by atoms with E-state index in [0.29, 0.717) is 6.54 Å². The number of aryl methyl sites for hydroxylation is 1. The predicted molar refractivity (Wildman–Crippen MR) is 93.3 cm³/mol. The van der Waals surface area contributed by atoms with E-state index in [1.54, 1.807) is 22.7 Å². The van der Waals surface area contributed by atoms with Gasteiger partial charge in [0.2, 0.25) is 0 Å². The lowest BCUT2D eigenvalue weighted by molar-refractivity contribution is 0.175. The van der Waals surface area contributed by atoms with Gasteiger partial charge < -0.3 is 10.4 Å². The Kier molecular flexibility index (Phi) is 5.00. The third-order valence-corrected chi connectivity index (χ3v) is 5.16. The van der Waals surface area contributed by atoms with Crippen LogP contribution >= 0.6 is 22.7 Å². The highest BCUT2D eigenvalue weighted by atomic mass is 32.1. The van der Waals surface area contributed by atoms with Crippen molar-refractivity contribution < 1.29 is 5.11 Å². The van der Waals surface area contributed by atoms with Crippen LogP contribution in [0.3, 0.4) is 0 Å². The number of aliphatic hydroxyl groups excluding tert-OH is 1. The molecule has 0 amide bonds. The van der Waals surface area contributed by atoms with Crippen molar-refractivity contribution in [1.82, 2.24) is 10.3 Å². The molecule has 0 saturated heterocycles. The first-order valence-corrected chi connectivity index (χ1v) is 8.91. The smallest absolute Gasteiger partial charge is 0.123 e. The predicted octanol–water partition coefficient (Wildman–Crippen LogP) is 4.00. The van der Waals surface area contributed by atoms with E-state index in [1.807, 2.05) is 23.0 Å². The van der Waals surface area contributed by atoms with Gasteiger partial charge in [-0.2, -0.15) is 11.3 Å². The molecule has 0 aliphatic heterocycles. The van der Waals surface area contributed by atoms with Gasteiger partial charge in [0.15, 0.2) is 0 Å². The van der Waals surface area contributed by atoms with Gasteiger partial charge in [-0.05, 0) is 29.3 Å². The molecule has 0 aliphatic rings. The fourth-order valence-corrected chi connectivity index (χ4v) is 3.73. The van der Waals surface area contributed by atoms with Gasteiger partial charge in [-0.25, -0.2) is 4.98 Å². The topological polar surface area (TPSA) is 45.2 Å². The van der Waals surface area contributed by atoms with Crippen molar-refractivity contribution in [1.29, 1.82) is 0 Å². The molecule has 0 spiro atoms. The van der Waals surface area contributed by atoms with E-state index in [1.165, 1.54) is 10.4 Å². The van der Waals surface area contributed by atoms with Crippen LogP contribution in [-0.4, -0.2) is 16.6 Å². The molecule has 1 atom stereocenters. The minimum atomic E-state index is -0.448. The Hall–Kier alpha value is -1.53. The zero-order chi connectivity index (χ0) is 15.4. The van der Waals surface area contributed by atoms with Crippen LogP contribution < -0.4 is 5.32 Å². The van der Waals surface area contributed by atoms with Crippen molar-refractivity contribution in [2.75, 3.05) is 6.54 Å². The van der Waals surface area contributed by atoms with E-state index in [0.717, 1.165) is 22.7 Å². The normalized spacial score (nSPS) is 12.5. The standard InChI is InChI=1S/C17H18N2OS2/c1-12-2-4-13(5-3-12)17-19-9-15(22-17)8-18-10-16(20)14-6-7-21-11-14/h2-7,9,11,16,18,20H,8,10H2,1H3. The number of aliphatic hydroxyl groups is 1. The van der Waals surface area contributed by atoms with Gasteiger partial charge in [-0.15, -0.1) is 11.3 Å². The molecule has 22 heavy (non-hydrogen) atoms. The third-order valence-electron chi connectivity index (χ3n) is 3.42. The number of nitrogens with one attached hydrogen (secondary N) is 1. The van der Waals surface area contributed by atoms with E-state index in [4.69, 9.17) is 0 Å². The highest BCUT2D eigenvalue weighted by molar-refractivity contribution is 7.15. The third kappa shape index (κ3) is 3.81. The first-order valence-electron chi connectivity index (χ1n) is 7.15. The molecule has 2 N–H and O–H groups in total. The molecule has 114 valence electrons. The summed E-state index contributed by atoms with van der Waals surface area (Å²) in [5.41, 5.74) is 3.38. The molecule has 1 unspecified atom stereocenters. The number of rotatable bonds is 6. The van der Waals surface area contributed by atoms with Crippen molar-refractivity contribution >= 4 is 22.7 Å². The quantitative estimate of drug-likeness (QED) is 0.718. The van der Waals surface area contributed by atoms with Crippen LogP contribution in [0.1, 0.15) is 22.1 Å². The van der Waals surface area contributed by atoms with Crippen molar-refractivity contribution in [3.63, 3.8) is 0 Å². The Labute approximate surface area is 138 Å². The Balaban J connectivity index is 1.55. The Morgan fingerprint density at radius 3 is 2.77 bits per heavy atom. The molecule has 5 heteroatoms. The lowest BCUT2D eigenvalue weighted by Gasteiger charge is -2.09. The zero-order valence-corrected chi connectivity index (χ0v) is 14.0. The van der Waals surface area contributed by atoms with Gasteiger partial charge in [0, 0.05) is 29.7 Å². The molecule has 3 rings (SSSR count). The number of benzene rings is 1. The molecule has 3 aromatic rings. The van der Waals surface area contributed by atoms with Crippen LogP contribution in [0.25, 0.3) is 10.6 Å². The van der Waals surface area contributed by atoms with Crippen LogP contribution in [0.4, 0.5) is 0 Å². The lowest BCUT2D eigenvalue weighted by atomic mass is 10.2. The highest BCUT2D eigenvalue weighted by Gasteiger charge is 2.08. The lowest BCUT2D eigenvalue weighted by Crippen LogP contribution is -2.20. The second-order valence-electron chi connectivity index (χ2n) is 5.20. The fraction of sp³-hybridized carbons (Fsp3) is 0.235. The molecule has 0 saturated carbocycles.